The number of fused-ring (bicyclic) bond motifs is 1. The molecular formula is C18H28N4O2. The minimum absolute atomic E-state index is 0.109. The molecule has 132 valence electrons. The summed E-state index contributed by atoms with van der Waals surface area (Å²) in [6.07, 6.45) is 7.57. The smallest absolute Gasteiger partial charge is 0.224 e. The molecule has 6 nitrogen and oxygen atoms in total. The van der Waals surface area contributed by atoms with Gasteiger partial charge in [0, 0.05) is 37.8 Å². The van der Waals surface area contributed by atoms with Crippen molar-refractivity contribution in [3.63, 3.8) is 0 Å². The molecule has 3 heterocycles. The molecule has 0 aromatic carbocycles. The molecule has 0 spiro atoms. The monoisotopic (exact) mass is 332 g/mol. The van der Waals surface area contributed by atoms with Crippen LogP contribution >= 0.6 is 0 Å². The molecule has 1 aromatic rings. The van der Waals surface area contributed by atoms with E-state index in [1.807, 2.05) is 22.6 Å². The quantitative estimate of drug-likeness (QED) is 0.921. The first-order chi connectivity index (χ1) is 11.5. The van der Waals surface area contributed by atoms with Gasteiger partial charge in [-0.2, -0.15) is 5.10 Å². The van der Waals surface area contributed by atoms with E-state index in [-0.39, 0.29) is 23.4 Å². The summed E-state index contributed by atoms with van der Waals surface area (Å²) in [4.78, 5) is 27.0. The Labute approximate surface area is 143 Å². The van der Waals surface area contributed by atoms with Crippen molar-refractivity contribution < 1.29 is 9.59 Å². The number of aryl methyl sites for hydroxylation is 2. The van der Waals surface area contributed by atoms with Gasteiger partial charge in [0.2, 0.25) is 11.8 Å². The zero-order valence-corrected chi connectivity index (χ0v) is 14.8. The molecule has 0 bridgehead atoms. The summed E-state index contributed by atoms with van der Waals surface area (Å²) in [5.41, 5.74) is 0.784. The van der Waals surface area contributed by atoms with Gasteiger partial charge >= 0.3 is 0 Å². The minimum Gasteiger partial charge on any atom is -0.349 e. The predicted octanol–water partition coefficient (Wildman–Crippen LogP) is 2.02. The van der Waals surface area contributed by atoms with Crippen LogP contribution in [0.2, 0.25) is 0 Å². The van der Waals surface area contributed by atoms with Crippen molar-refractivity contribution in [2.45, 2.75) is 76.9 Å². The average molecular weight is 332 g/mol. The van der Waals surface area contributed by atoms with E-state index in [2.05, 4.69) is 17.3 Å². The van der Waals surface area contributed by atoms with Crippen molar-refractivity contribution in [3.05, 3.63) is 18.0 Å². The van der Waals surface area contributed by atoms with Gasteiger partial charge in [0.1, 0.15) is 0 Å². The molecule has 1 N–H and O–H groups in total. The molecule has 2 fully saturated rings. The van der Waals surface area contributed by atoms with E-state index < -0.39 is 0 Å². The fourth-order valence-electron chi connectivity index (χ4n) is 4.17. The maximum Gasteiger partial charge on any atom is 0.224 e. The van der Waals surface area contributed by atoms with Gasteiger partial charge in [-0.05, 0) is 52.0 Å². The summed E-state index contributed by atoms with van der Waals surface area (Å²) in [7, 11) is 0. The molecule has 3 rings (SSSR count). The number of hydrogen-bond donors (Lipinski definition) is 1. The number of amides is 2. The Hall–Kier alpha value is -1.85. The molecule has 2 aliphatic rings. The van der Waals surface area contributed by atoms with Crippen LogP contribution < -0.4 is 5.32 Å². The number of carbonyl (C=O) groups excluding carboxylic acids is 2. The van der Waals surface area contributed by atoms with Crippen molar-refractivity contribution in [2.24, 2.45) is 0 Å². The van der Waals surface area contributed by atoms with Crippen LogP contribution in [0.1, 0.15) is 57.6 Å². The van der Waals surface area contributed by atoms with Crippen LogP contribution in [-0.4, -0.2) is 44.6 Å². The second-order valence-corrected chi connectivity index (χ2v) is 7.36. The molecule has 0 unspecified atom stereocenters. The molecule has 2 aliphatic heterocycles. The van der Waals surface area contributed by atoms with Gasteiger partial charge in [-0.1, -0.05) is 0 Å². The third-order valence-corrected chi connectivity index (χ3v) is 5.55. The van der Waals surface area contributed by atoms with E-state index in [4.69, 9.17) is 0 Å². The van der Waals surface area contributed by atoms with E-state index in [0.29, 0.717) is 19.4 Å². The molecule has 0 aliphatic carbocycles. The number of aromatic nitrogens is 2. The van der Waals surface area contributed by atoms with E-state index in [1.165, 1.54) is 0 Å². The fourth-order valence-corrected chi connectivity index (χ4v) is 4.17. The average Bonchev–Trinajstić information content (AvgIpc) is 2.79. The summed E-state index contributed by atoms with van der Waals surface area (Å²) in [5.74, 6) is 0.306. The number of hydrogen-bond acceptors (Lipinski definition) is 3. The molecule has 0 saturated carbocycles. The number of carbonyl (C=O) groups is 2. The van der Waals surface area contributed by atoms with Crippen molar-refractivity contribution in [1.82, 2.24) is 20.0 Å². The van der Waals surface area contributed by atoms with Crippen LogP contribution in [0.15, 0.2) is 12.3 Å². The first-order valence-corrected chi connectivity index (χ1v) is 9.08. The molecule has 2 amide bonds. The minimum atomic E-state index is -0.290. The Kier molecular flexibility index (Phi) is 4.92. The SMILES string of the molecule is Cc1ccnn1CCC(=O)N1CCCC[C@]2(C)NC(=O)CCC[C@H]12. The van der Waals surface area contributed by atoms with Gasteiger partial charge in [0.15, 0.2) is 0 Å². The van der Waals surface area contributed by atoms with Crippen LogP contribution in [0.3, 0.4) is 0 Å². The molecule has 24 heavy (non-hydrogen) atoms. The molecule has 0 radical (unpaired) electrons. The zero-order chi connectivity index (χ0) is 17.2. The lowest BCUT2D eigenvalue weighted by Crippen LogP contribution is -2.59. The Morgan fingerprint density at radius 2 is 2.25 bits per heavy atom. The molecule has 1 aromatic heterocycles. The summed E-state index contributed by atoms with van der Waals surface area (Å²) < 4.78 is 1.88. The maximum absolute atomic E-state index is 12.9. The van der Waals surface area contributed by atoms with Gasteiger partial charge in [0.05, 0.1) is 11.6 Å². The normalized spacial score (nSPS) is 27.8. The highest BCUT2D eigenvalue weighted by atomic mass is 16.2. The third kappa shape index (κ3) is 3.47. The molecular weight excluding hydrogens is 304 g/mol. The molecule has 2 saturated heterocycles. The number of rotatable bonds is 3. The largest absolute Gasteiger partial charge is 0.349 e. The van der Waals surface area contributed by atoms with E-state index in [1.54, 1.807) is 6.20 Å². The summed E-state index contributed by atoms with van der Waals surface area (Å²) >= 11 is 0. The van der Waals surface area contributed by atoms with Crippen molar-refractivity contribution in [3.8, 4) is 0 Å². The van der Waals surface area contributed by atoms with Crippen LogP contribution in [0.25, 0.3) is 0 Å². The fraction of sp³-hybridized carbons (Fsp3) is 0.722. The van der Waals surface area contributed by atoms with Gasteiger partial charge in [-0.3, -0.25) is 14.3 Å². The standard InChI is InChI=1S/C18H28N4O2/c1-14-8-11-19-22(14)13-9-17(24)21-12-4-3-10-18(2)15(21)6-5-7-16(23)20-18/h8,11,15H,3-7,9-10,12-13H2,1-2H3,(H,20,23)/t15-,18-/m0/s1. The second kappa shape index (κ2) is 6.95. The predicted molar refractivity (Wildman–Crippen MR) is 91.3 cm³/mol. The second-order valence-electron chi connectivity index (χ2n) is 7.36. The topological polar surface area (TPSA) is 67.2 Å². The number of nitrogens with zero attached hydrogens (tertiary/aromatic N) is 3. The van der Waals surface area contributed by atoms with Gasteiger partial charge < -0.3 is 10.2 Å². The van der Waals surface area contributed by atoms with Crippen LogP contribution in [0.4, 0.5) is 0 Å². The Morgan fingerprint density at radius 1 is 1.42 bits per heavy atom. The first-order valence-electron chi connectivity index (χ1n) is 9.08. The van der Waals surface area contributed by atoms with Crippen LogP contribution in [-0.2, 0) is 16.1 Å². The van der Waals surface area contributed by atoms with Crippen molar-refractivity contribution in [1.29, 1.82) is 0 Å². The van der Waals surface area contributed by atoms with Gasteiger partial charge in [-0.15, -0.1) is 0 Å². The first kappa shape index (κ1) is 17.0. The Morgan fingerprint density at radius 3 is 3.00 bits per heavy atom. The lowest BCUT2D eigenvalue weighted by molar-refractivity contribution is -0.136. The molecule has 2 atom stereocenters. The highest BCUT2D eigenvalue weighted by Gasteiger charge is 2.43. The summed E-state index contributed by atoms with van der Waals surface area (Å²) in [5, 5.41) is 7.47. The van der Waals surface area contributed by atoms with Crippen molar-refractivity contribution in [2.75, 3.05) is 6.54 Å². The van der Waals surface area contributed by atoms with Crippen LogP contribution in [0.5, 0.6) is 0 Å². The van der Waals surface area contributed by atoms with Crippen LogP contribution in [0, 0.1) is 6.92 Å². The summed E-state index contributed by atoms with van der Waals surface area (Å²) in [6.45, 7) is 5.53. The van der Waals surface area contributed by atoms with Crippen molar-refractivity contribution >= 4 is 11.8 Å². The lowest BCUT2D eigenvalue weighted by Gasteiger charge is -2.41. The highest BCUT2D eigenvalue weighted by Crippen LogP contribution is 2.32. The number of nitrogens with one attached hydrogen (secondary N) is 1. The van der Waals surface area contributed by atoms with Gasteiger partial charge in [-0.25, -0.2) is 0 Å². The number of likely N-dealkylation sites (tertiary alicyclic amines) is 1. The molecule has 6 heteroatoms. The van der Waals surface area contributed by atoms with Gasteiger partial charge in [0.25, 0.3) is 0 Å². The Balaban J connectivity index is 1.73. The highest BCUT2D eigenvalue weighted by molar-refractivity contribution is 5.79. The maximum atomic E-state index is 12.9. The van der Waals surface area contributed by atoms with E-state index in [0.717, 1.165) is 44.3 Å². The summed E-state index contributed by atoms with van der Waals surface area (Å²) in [6, 6.07) is 2.06. The zero-order valence-electron chi connectivity index (χ0n) is 14.8. The third-order valence-electron chi connectivity index (χ3n) is 5.55. The lowest BCUT2D eigenvalue weighted by atomic mass is 9.85. The Bertz CT molecular complexity index is 612. The van der Waals surface area contributed by atoms with E-state index in [9.17, 15) is 9.59 Å². The van der Waals surface area contributed by atoms with E-state index >= 15 is 0 Å².